The van der Waals surface area contributed by atoms with Crippen molar-refractivity contribution in [3.05, 3.63) is 88.6 Å². The third-order valence-electron chi connectivity index (χ3n) is 4.47. The second kappa shape index (κ2) is 10.2. The summed E-state index contributed by atoms with van der Waals surface area (Å²) in [5.41, 5.74) is 0.479. The lowest BCUT2D eigenvalue weighted by atomic mass is 10.1. The van der Waals surface area contributed by atoms with Crippen LogP contribution in [0.5, 0.6) is 5.75 Å². The second-order valence-electron chi connectivity index (χ2n) is 6.81. The molecule has 0 aliphatic heterocycles. The van der Waals surface area contributed by atoms with Crippen LogP contribution < -0.4 is 10.1 Å². The number of hydrogen-bond donors (Lipinski definition) is 2. The highest BCUT2D eigenvalue weighted by Gasteiger charge is 2.15. The highest BCUT2D eigenvalue weighted by Crippen LogP contribution is 2.25. The Bertz CT molecular complexity index is 1400. The number of ether oxygens (including phenoxy) is 1. The van der Waals surface area contributed by atoms with Crippen LogP contribution in [0.2, 0.25) is 0 Å². The molecule has 0 unspecified atom stereocenters. The molecular formula is C24H16N4O5S. The van der Waals surface area contributed by atoms with Crippen LogP contribution in [-0.4, -0.2) is 27.2 Å². The smallest absolute Gasteiger partial charge is 0.335 e. The van der Waals surface area contributed by atoms with Gasteiger partial charge in [0.1, 0.15) is 35.5 Å². The van der Waals surface area contributed by atoms with Gasteiger partial charge in [-0.15, -0.1) is 10.2 Å². The molecule has 4 rings (SSSR count). The maximum Gasteiger partial charge on any atom is 0.335 e. The van der Waals surface area contributed by atoms with Gasteiger partial charge in [0.2, 0.25) is 5.13 Å². The molecule has 1 amide bonds. The van der Waals surface area contributed by atoms with E-state index in [-0.39, 0.29) is 28.6 Å². The van der Waals surface area contributed by atoms with Crippen LogP contribution in [0.4, 0.5) is 5.13 Å². The zero-order chi connectivity index (χ0) is 23.9. The number of carboxylic acids is 1. The van der Waals surface area contributed by atoms with E-state index in [0.717, 1.165) is 11.3 Å². The van der Waals surface area contributed by atoms with Crippen molar-refractivity contribution in [2.24, 2.45) is 0 Å². The van der Waals surface area contributed by atoms with E-state index in [1.807, 2.05) is 36.4 Å². The van der Waals surface area contributed by atoms with Crippen LogP contribution in [0, 0.1) is 11.3 Å². The van der Waals surface area contributed by atoms with Gasteiger partial charge >= 0.3 is 5.97 Å². The highest BCUT2D eigenvalue weighted by molar-refractivity contribution is 7.15. The topological polar surface area (TPSA) is 138 Å². The first-order valence-corrected chi connectivity index (χ1v) is 10.7. The molecule has 0 bridgehead atoms. The number of benzene rings is 2. The number of carboxylic acid groups (broad SMARTS) is 1. The van der Waals surface area contributed by atoms with Crippen molar-refractivity contribution < 1.29 is 23.8 Å². The molecule has 2 heterocycles. The van der Waals surface area contributed by atoms with Crippen LogP contribution in [0.25, 0.3) is 17.4 Å². The van der Waals surface area contributed by atoms with Crippen molar-refractivity contribution in [1.82, 2.24) is 10.2 Å². The maximum absolute atomic E-state index is 12.5. The van der Waals surface area contributed by atoms with Gasteiger partial charge in [-0.3, -0.25) is 10.1 Å². The molecule has 2 N–H and O–H groups in total. The van der Waals surface area contributed by atoms with E-state index in [0.29, 0.717) is 22.1 Å². The van der Waals surface area contributed by atoms with Gasteiger partial charge in [0.25, 0.3) is 5.91 Å². The maximum atomic E-state index is 12.5. The second-order valence-corrected chi connectivity index (χ2v) is 7.88. The van der Waals surface area contributed by atoms with E-state index in [1.165, 1.54) is 18.2 Å². The summed E-state index contributed by atoms with van der Waals surface area (Å²) in [6, 6.07) is 20.5. The van der Waals surface area contributed by atoms with Gasteiger partial charge in [0.15, 0.2) is 5.01 Å². The van der Waals surface area contributed by atoms with Crippen LogP contribution in [0.1, 0.15) is 21.1 Å². The number of carbonyl (C=O) groups is 2. The molecule has 0 radical (unpaired) electrons. The molecule has 2 aromatic heterocycles. The minimum absolute atomic E-state index is 0.119. The van der Waals surface area contributed by atoms with Crippen molar-refractivity contribution in [3.8, 4) is 23.1 Å². The molecule has 10 heteroatoms. The molecular weight excluding hydrogens is 456 g/mol. The number of furan rings is 1. The average Bonchev–Trinajstić information content (AvgIpc) is 3.51. The molecule has 0 saturated heterocycles. The van der Waals surface area contributed by atoms with Crippen molar-refractivity contribution in [3.63, 3.8) is 0 Å². The lowest BCUT2D eigenvalue weighted by Gasteiger charge is -2.02. The Morgan fingerprint density at radius 3 is 2.71 bits per heavy atom. The fourth-order valence-corrected chi connectivity index (χ4v) is 3.52. The Morgan fingerprint density at radius 1 is 1.12 bits per heavy atom. The zero-order valence-corrected chi connectivity index (χ0v) is 18.3. The normalized spacial score (nSPS) is 11.0. The van der Waals surface area contributed by atoms with E-state index >= 15 is 0 Å². The number of nitriles is 1. The summed E-state index contributed by atoms with van der Waals surface area (Å²) in [7, 11) is 0. The fraction of sp³-hybridized carbons (Fsp3) is 0.0417. The lowest BCUT2D eigenvalue weighted by molar-refractivity contribution is -0.112. The van der Waals surface area contributed by atoms with Crippen molar-refractivity contribution in [1.29, 1.82) is 5.26 Å². The van der Waals surface area contributed by atoms with Gasteiger partial charge in [0, 0.05) is 11.6 Å². The standard InChI is InChI=1S/C24H16N4O5S/c25-13-17(12-19-9-10-20(33-19)15-5-4-6-16(11-15)23(30)31)22(29)26-24-28-27-21(34-24)14-32-18-7-2-1-3-8-18/h1-12H,14H2,(H,30,31)(H,26,28,29)/b17-12-. The summed E-state index contributed by atoms with van der Waals surface area (Å²) < 4.78 is 11.3. The summed E-state index contributed by atoms with van der Waals surface area (Å²) in [5.74, 6) is -0.371. The Kier molecular flexibility index (Phi) is 6.76. The zero-order valence-electron chi connectivity index (χ0n) is 17.5. The molecule has 168 valence electrons. The van der Waals surface area contributed by atoms with Gasteiger partial charge in [-0.2, -0.15) is 5.26 Å². The van der Waals surface area contributed by atoms with Crippen LogP contribution in [0.3, 0.4) is 0 Å². The summed E-state index contributed by atoms with van der Waals surface area (Å²) >= 11 is 1.13. The molecule has 2 aromatic carbocycles. The Labute approximate surface area is 197 Å². The largest absolute Gasteiger partial charge is 0.486 e. The minimum atomic E-state index is -1.05. The molecule has 0 atom stereocenters. The number of anilines is 1. The first-order valence-electron chi connectivity index (χ1n) is 9.89. The third kappa shape index (κ3) is 5.53. The number of amides is 1. The van der Waals surface area contributed by atoms with Gasteiger partial charge in [0.05, 0.1) is 5.56 Å². The molecule has 0 aliphatic carbocycles. The minimum Gasteiger partial charge on any atom is -0.486 e. The summed E-state index contributed by atoms with van der Waals surface area (Å²) in [6.45, 7) is 0.191. The number of aromatic carboxylic acids is 1. The number of para-hydroxylation sites is 1. The molecule has 0 aliphatic rings. The number of aromatic nitrogens is 2. The molecule has 0 fully saturated rings. The van der Waals surface area contributed by atoms with Gasteiger partial charge in [-0.05, 0) is 36.4 Å². The molecule has 9 nitrogen and oxygen atoms in total. The van der Waals surface area contributed by atoms with Gasteiger partial charge < -0.3 is 14.3 Å². The molecule has 0 saturated carbocycles. The van der Waals surface area contributed by atoms with E-state index in [4.69, 9.17) is 14.3 Å². The SMILES string of the molecule is N#C/C(=C/c1ccc(-c2cccc(C(=O)O)c2)o1)C(=O)Nc1nnc(COc2ccccc2)s1. The van der Waals surface area contributed by atoms with E-state index < -0.39 is 11.9 Å². The van der Waals surface area contributed by atoms with Crippen LogP contribution in [-0.2, 0) is 11.4 Å². The van der Waals surface area contributed by atoms with Gasteiger partial charge in [-0.25, -0.2) is 4.79 Å². The van der Waals surface area contributed by atoms with Crippen molar-refractivity contribution >= 4 is 34.4 Å². The highest BCUT2D eigenvalue weighted by atomic mass is 32.1. The first-order chi connectivity index (χ1) is 16.5. The third-order valence-corrected chi connectivity index (χ3v) is 5.28. The van der Waals surface area contributed by atoms with Crippen molar-refractivity contribution in [2.75, 3.05) is 5.32 Å². The van der Waals surface area contributed by atoms with Crippen molar-refractivity contribution in [2.45, 2.75) is 6.61 Å². The predicted octanol–water partition coefficient (Wildman–Crippen LogP) is 4.62. The monoisotopic (exact) mass is 472 g/mol. The number of rotatable bonds is 8. The van der Waals surface area contributed by atoms with Crippen LogP contribution in [0.15, 0.2) is 76.7 Å². The average molecular weight is 472 g/mol. The molecule has 34 heavy (non-hydrogen) atoms. The fourth-order valence-electron chi connectivity index (χ4n) is 2.87. The predicted molar refractivity (Wildman–Crippen MR) is 124 cm³/mol. The Hall–Kier alpha value is -4.75. The Morgan fingerprint density at radius 2 is 1.94 bits per heavy atom. The lowest BCUT2D eigenvalue weighted by Crippen LogP contribution is -2.13. The number of hydrogen-bond acceptors (Lipinski definition) is 8. The summed E-state index contributed by atoms with van der Waals surface area (Å²) in [6.07, 6.45) is 1.29. The molecule has 0 spiro atoms. The van der Waals surface area contributed by atoms with E-state index in [1.54, 1.807) is 24.3 Å². The first kappa shape index (κ1) is 22.4. The number of nitrogens with zero attached hydrogens (tertiary/aromatic N) is 3. The number of carbonyl (C=O) groups excluding carboxylic acids is 1. The summed E-state index contributed by atoms with van der Waals surface area (Å²) in [5, 5.41) is 29.8. The van der Waals surface area contributed by atoms with E-state index in [2.05, 4.69) is 15.5 Å². The van der Waals surface area contributed by atoms with Crippen LogP contribution >= 0.6 is 11.3 Å². The van der Waals surface area contributed by atoms with Gasteiger partial charge in [-0.1, -0.05) is 41.7 Å². The van der Waals surface area contributed by atoms with E-state index in [9.17, 15) is 14.9 Å². The Balaban J connectivity index is 1.42. The molecule has 4 aromatic rings. The quantitative estimate of drug-likeness (QED) is 0.280. The number of nitrogens with one attached hydrogen (secondary N) is 1. The summed E-state index contributed by atoms with van der Waals surface area (Å²) in [4.78, 5) is 23.7.